The van der Waals surface area contributed by atoms with Crippen LogP contribution in [0.5, 0.6) is 0 Å². The van der Waals surface area contributed by atoms with Crippen LogP contribution in [0.2, 0.25) is 5.02 Å². The SMILES string of the molecule is C[C@H](CNC(=O)CCS(=O)(=O)c1ccc(Cl)cc1)c1ccccc1. The average molecular weight is 366 g/mol. The number of nitrogens with one attached hydrogen (secondary N) is 1. The summed E-state index contributed by atoms with van der Waals surface area (Å²) in [4.78, 5) is 12.1. The summed E-state index contributed by atoms with van der Waals surface area (Å²) in [6.07, 6.45) is -0.0630. The Labute approximate surface area is 147 Å². The van der Waals surface area contributed by atoms with Gasteiger partial charge in [-0.1, -0.05) is 48.9 Å². The van der Waals surface area contributed by atoms with Gasteiger partial charge in [0.05, 0.1) is 10.6 Å². The summed E-state index contributed by atoms with van der Waals surface area (Å²) in [5, 5.41) is 3.26. The lowest BCUT2D eigenvalue weighted by atomic mass is 10.0. The van der Waals surface area contributed by atoms with E-state index >= 15 is 0 Å². The largest absolute Gasteiger partial charge is 0.355 e. The molecule has 1 atom stereocenters. The van der Waals surface area contributed by atoms with Crippen molar-refractivity contribution in [2.45, 2.75) is 24.2 Å². The van der Waals surface area contributed by atoms with Crippen LogP contribution in [-0.2, 0) is 14.6 Å². The first-order valence-electron chi connectivity index (χ1n) is 7.68. The molecule has 0 bridgehead atoms. The molecule has 1 N–H and O–H groups in total. The van der Waals surface area contributed by atoms with Crippen LogP contribution in [-0.4, -0.2) is 26.6 Å². The van der Waals surface area contributed by atoms with E-state index in [1.807, 2.05) is 37.3 Å². The minimum Gasteiger partial charge on any atom is -0.355 e. The first kappa shape index (κ1) is 18.5. The van der Waals surface area contributed by atoms with Crippen LogP contribution in [0.3, 0.4) is 0 Å². The zero-order valence-electron chi connectivity index (χ0n) is 13.4. The lowest BCUT2D eigenvalue weighted by Crippen LogP contribution is -2.29. The Hall–Kier alpha value is -1.85. The summed E-state index contributed by atoms with van der Waals surface area (Å²) in [6, 6.07) is 15.8. The zero-order chi connectivity index (χ0) is 17.6. The van der Waals surface area contributed by atoms with Crippen LogP contribution < -0.4 is 5.32 Å². The second-order valence-electron chi connectivity index (χ2n) is 5.64. The molecule has 0 saturated carbocycles. The molecule has 6 heteroatoms. The van der Waals surface area contributed by atoms with Crippen LogP contribution in [0.4, 0.5) is 0 Å². The van der Waals surface area contributed by atoms with E-state index in [1.54, 1.807) is 0 Å². The number of amides is 1. The van der Waals surface area contributed by atoms with Crippen molar-refractivity contribution in [3.05, 3.63) is 65.2 Å². The monoisotopic (exact) mass is 365 g/mol. The molecule has 2 rings (SSSR count). The van der Waals surface area contributed by atoms with Gasteiger partial charge in [0, 0.05) is 18.0 Å². The van der Waals surface area contributed by atoms with E-state index in [-0.39, 0.29) is 28.9 Å². The van der Waals surface area contributed by atoms with Gasteiger partial charge in [-0.2, -0.15) is 0 Å². The van der Waals surface area contributed by atoms with E-state index in [0.29, 0.717) is 11.6 Å². The first-order chi connectivity index (χ1) is 11.4. The van der Waals surface area contributed by atoms with E-state index in [0.717, 1.165) is 5.56 Å². The van der Waals surface area contributed by atoms with Crippen LogP contribution in [0.1, 0.15) is 24.8 Å². The summed E-state index contributed by atoms with van der Waals surface area (Å²) < 4.78 is 24.4. The lowest BCUT2D eigenvalue weighted by molar-refractivity contribution is -0.120. The van der Waals surface area contributed by atoms with Crippen LogP contribution in [0, 0.1) is 0 Å². The maximum atomic E-state index is 12.2. The number of hydrogen-bond donors (Lipinski definition) is 1. The molecule has 4 nitrogen and oxygen atoms in total. The number of benzene rings is 2. The third-order valence-corrected chi connectivity index (χ3v) is 5.73. The highest BCUT2D eigenvalue weighted by molar-refractivity contribution is 7.91. The Morgan fingerprint density at radius 2 is 1.71 bits per heavy atom. The Kier molecular flexibility index (Phi) is 6.40. The fourth-order valence-corrected chi connectivity index (χ4v) is 3.61. The van der Waals surface area contributed by atoms with Gasteiger partial charge in [-0.05, 0) is 35.7 Å². The molecular weight excluding hydrogens is 346 g/mol. The molecule has 0 aliphatic carbocycles. The summed E-state index contributed by atoms with van der Waals surface area (Å²) >= 11 is 5.75. The van der Waals surface area contributed by atoms with Gasteiger partial charge in [-0.3, -0.25) is 4.79 Å². The van der Waals surface area contributed by atoms with Crippen molar-refractivity contribution in [2.75, 3.05) is 12.3 Å². The molecule has 2 aromatic carbocycles. The number of carbonyl (C=O) groups is 1. The normalized spacial score (nSPS) is 12.6. The summed E-state index contributed by atoms with van der Waals surface area (Å²) in [5.74, 6) is -0.321. The van der Waals surface area contributed by atoms with Gasteiger partial charge in [0.1, 0.15) is 0 Å². The molecule has 0 aromatic heterocycles. The second kappa shape index (κ2) is 8.31. The Balaban J connectivity index is 1.83. The quantitative estimate of drug-likeness (QED) is 0.817. The molecule has 0 heterocycles. The smallest absolute Gasteiger partial charge is 0.221 e. The molecule has 0 aliphatic rings. The molecule has 0 radical (unpaired) electrons. The summed E-state index contributed by atoms with van der Waals surface area (Å²) in [5.41, 5.74) is 1.13. The molecule has 0 fully saturated rings. The van der Waals surface area contributed by atoms with Crippen molar-refractivity contribution in [3.8, 4) is 0 Å². The molecular formula is C18H20ClNO3S. The van der Waals surface area contributed by atoms with E-state index < -0.39 is 9.84 Å². The van der Waals surface area contributed by atoms with Crippen molar-refractivity contribution in [2.24, 2.45) is 0 Å². The fraction of sp³-hybridized carbons (Fsp3) is 0.278. The topological polar surface area (TPSA) is 63.2 Å². The van der Waals surface area contributed by atoms with Crippen molar-refractivity contribution < 1.29 is 13.2 Å². The molecule has 0 unspecified atom stereocenters. The van der Waals surface area contributed by atoms with Crippen LogP contribution in [0.15, 0.2) is 59.5 Å². The van der Waals surface area contributed by atoms with Gasteiger partial charge in [0.25, 0.3) is 0 Å². The number of halogens is 1. The average Bonchev–Trinajstić information content (AvgIpc) is 2.59. The number of sulfone groups is 1. The number of carbonyl (C=O) groups excluding carboxylic acids is 1. The van der Waals surface area contributed by atoms with E-state index in [1.165, 1.54) is 24.3 Å². The van der Waals surface area contributed by atoms with E-state index in [2.05, 4.69) is 5.32 Å². The second-order valence-corrected chi connectivity index (χ2v) is 8.18. The third kappa shape index (κ3) is 5.35. The minimum atomic E-state index is -3.48. The Bertz CT molecular complexity index is 774. The van der Waals surface area contributed by atoms with Crippen LogP contribution >= 0.6 is 11.6 Å². The lowest BCUT2D eigenvalue weighted by Gasteiger charge is -2.13. The van der Waals surface area contributed by atoms with Crippen molar-refractivity contribution in [1.82, 2.24) is 5.32 Å². The number of hydrogen-bond acceptors (Lipinski definition) is 3. The van der Waals surface area contributed by atoms with Gasteiger partial charge in [-0.15, -0.1) is 0 Å². The van der Waals surface area contributed by atoms with Gasteiger partial charge < -0.3 is 5.32 Å². The highest BCUT2D eigenvalue weighted by Gasteiger charge is 2.16. The maximum absolute atomic E-state index is 12.2. The minimum absolute atomic E-state index is 0.0630. The van der Waals surface area contributed by atoms with Crippen molar-refractivity contribution in [3.63, 3.8) is 0 Å². The van der Waals surface area contributed by atoms with Crippen LogP contribution in [0.25, 0.3) is 0 Å². The van der Waals surface area contributed by atoms with E-state index in [9.17, 15) is 13.2 Å². The predicted octanol–water partition coefficient (Wildman–Crippen LogP) is 3.42. The molecule has 2 aromatic rings. The molecule has 0 spiro atoms. The van der Waals surface area contributed by atoms with Gasteiger partial charge >= 0.3 is 0 Å². The third-order valence-electron chi connectivity index (χ3n) is 3.74. The van der Waals surface area contributed by atoms with E-state index in [4.69, 9.17) is 11.6 Å². The van der Waals surface area contributed by atoms with Gasteiger partial charge in [-0.25, -0.2) is 8.42 Å². The standard InChI is InChI=1S/C18H20ClNO3S/c1-14(15-5-3-2-4-6-15)13-20-18(21)11-12-24(22,23)17-9-7-16(19)8-10-17/h2-10,14H,11-13H2,1H3,(H,20,21)/t14-/m1/s1. The highest BCUT2D eigenvalue weighted by atomic mass is 35.5. The first-order valence-corrected chi connectivity index (χ1v) is 9.71. The Morgan fingerprint density at radius 1 is 1.08 bits per heavy atom. The fourth-order valence-electron chi connectivity index (χ4n) is 2.24. The van der Waals surface area contributed by atoms with Gasteiger partial charge in [0.15, 0.2) is 9.84 Å². The zero-order valence-corrected chi connectivity index (χ0v) is 15.0. The molecule has 1 amide bonds. The van der Waals surface area contributed by atoms with Crippen molar-refractivity contribution in [1.29, 1.82) is 0 Å². The summed E-state index contributed by atoms with van der Waals surface area (Å²) in [6.45, 7) is 2.49. The summed E-state index contributed by atoms with van der Waals surface area (Å²) in [7, 11) is -3.48. The predicted molar refractivity (Wildman–Crippen MR) is 96.0 cm³/mol. The number of rotatable bonds is 7. The Morgan fingerprint density at radius 3 is 2.33 bits per heavy atom. The molecule has 0 saturated heterocycles. The highest BCUT2D eigenvalue weighted by Crippen LogP contribution is 2.16. The molecule has 24 heavy (non-hydrogen) atoms. The molecule has 128 valence electrons. The van der Waals surface area contributed by atoms with Gasteiger partial charge in [0.2, 0.25) is 5.91 Å². The van der Waals surface area contributed by atoms with Crippen molar-refractivity contribution >= 4 is 27.3 Å². The maximum Gasteiger partial charge on any atom is 0.221 e. The molecule has 0 aliphatic heterocycles.